The molecule has 0 fully saturated rings. The minimum Gasteiger partial charge on any atom is -0.454 e. The molecule has 236 valence electrons. The Balaban J connectivity index is 1.27. The molecule has 7 aromatic carbocycles. The Morgan fingerprint density at radius 3 is 1.65 bits per heavy atom. The highest BCUT2D eigenvalue weighted by molar-refractivity contribution is 6.37. The number of fused-ring (bicyclic) bond motifs is 6. The summed E-state index contributed by atoms with van der Waals surface area (Å²) in [5, 5.41) is 2.81. The average molecular weight is 653 g/mol. The van der Waals surface area contributed by atoms with Crippen LogP contribution in [-0.4, -0.2) is 0 Å². The molecule has 0 N–H and O–H groups in total. The molecule has 0 unspecified atom stereocenters. The first kappa shape index (κ1) is 29.4. The second-order valence-electron chi connectivity index (χ2n) is 13.1. The van der Waals surface area contributed by atoms with Crippen molar-refractivity contribution in [2.75, 3.05) is 9.80 Å². The van der Waals surface area contributed by atoms with Crippen molar-refractivity contribution in [2.24, 2.45) is 0 Å². The lowest BCUT2D eigenvalue weighted by Crippen LogP contribution is -2.14. The first-order chi connectivity index (χ1) is 24.0. The molecule has 0 spiro atoms. The standard InChI is InChI=1S/C45H33ClN2O/c1-45(2)37-24-13-12-22-33(37)35-28-36-34-23-14-27-41(44(34)49-42(36)29-38(35)45)48(32-20-10-5-11-21-32)40-26-15-25-39(43(40)46)47(30-16-6-3-7-17-30)31-18-8-4-9-19-31/h3-29H,1-2H3. The van der Waals surface area contributed by atoms with E-state index in [1.807, 2.05) is 18.2 Å². The largest absolute Gasteiger partial charge is 0.454 e. The van der Waals surface area contributed by atoms with Gasteiger partial charge in [-0.1, -0.05) is 123 Å². The lowest BCUT2D eigenvalue weighted by molar-refractivity contribution is 0.647. The van der Waals surface area contributed by atoms with Gasteiger partial charge in [0.2, 0.25) is 0 Å². The van der Waals surface area contributed by atoms with Crippen molar-refractivity contribution in [1.82, 2.24) is 0 Å². The summed E-state index contributed by atoms with van der Waals surface area (Å²) in [6.07, 6.45) is 0. The van der Waals surface area contributed by atoms with Crippen LogP contribution >= 0.6 is 11.6 Å². The third-order valence-corrected chi connectivity index (χ3v) is 10.3. The summed E-state index contributed by atoms with van der Waals surface area (Å²) in [6.45, 7) is 4.61. The maximum Gasteiger partial charge on any atom is 0.159 e. The second-order valence-corrected chi connectivity index (χ2v) is 13.5. The maximum atomic E-state index is 7.56. The lowest BCUT2D eigenvalue weighted by atomic mass is 9.82. The van der Waals surface area contributed by atoms with Crippen LogP contribution in [0.5, 0.6) is 0 Å². The zero-order valence-electron chi connectivity index (χ0n) is 27.3. The summed E-state index contributed by atoms with van der Waals surface area (Å²) in [7, 11) is 0. The van der Waals surface area contributed by atoms with Gasteiger partial charge in [0, 0.05) is 33.2 Å². The Hall–Kier alpha value is -5.77. The summed E-state index contributed by atoms with van der Waals surface area (Å²) in [4.78, 5) is 4.43. The van der Waals surface area contributed by atoms with Gasteiger partial charge in [0.25, 0.3) is 0 Å². The molecule has 0 aliphatic heterocycles. The first-order valence-electron chi connectivity index (χ1n) is 16.6. The van der Waals surface area contributed by atoms with Crippen LogP contribution in [0.25, 0.3) is 33.1 Å². The number of rotatable bonds is 6. The highest BCUT2D eigenvalue weighted by atomic mass is 35.5. The second kappa shape index (κ2) is 11.4. The number of furan rings is 1. The number of nitrogens with zero attached hydrogens (tertiary/aromatic N) is 2. The summed E-state index contributed by atoms with van der Waals surface area (Å²) < 4.78 is 6.89. The van der Waals surface area contributed by atoms with E-state index in [9.17, 15) is 0 Å². The highest BCUT2D eigenvalue weighted by Gasteiger charge is 2.36. The van der Waals surface area contributed by atoms with Crippen LogP contribution in [0, 0.1) is 0 Å². The smallest absolute Gasteiger partial charge is 0.159 e. The van der Waals surface area contributed by atoms with Crippen LogP contribution in [0.2, 0.25) is 5.02 Å². The molecule has 0 atom stereocenters. The Bertz CT molecular complexity index is 2450. The Morgan fingerprint density at radius 1 is 0.469 bits per heavy atom. The third kappa shape index (κ3) is 4.65. The van der Waals surface area contributed by atoms with Crippen LogP contribution < -0.4 is 9.80 Å². The van der Waals surface area contributed by atoms with E-state index in [1.165, 1.54) is 22.3 Å². The van der Waals surface area contributed by atoms with Crippen molar-refractivity contribution >= 4 is 67.7 Å². The van der Waals surface area contributed by atoms with Gasteiger partial charge in [0.05, 0.1) is 22.1 Å². The molecule has 0 amide bonds. The molecule has 0 saturated heterocycles. The van der Waals surface area contributed by atoms with Gasteiger partial charge in [-0.2, -0.15) is 0 Å². The molecule has 0 bridgehead atoms. The van der Waals surface area contributed by atoms with E-state index in [4.69, 9.17) is 16.0 Å². The summed E-state index contributed by atoms with van der Waals surface area (Å²) in [5.41, 5.74) is 12.5. The maximum absolute atomic E-state index is 7.56. The van der Waals surface area contributed by atoms with Crippen molar-refractivity contribution in [3.63, 3.8) is 0 Å². The SMILES string of the molecule is CC1(C)c2ccccc2-c2cc3c(cc21)oc1c(N(c2ccccc2)c2cccc(N(c4ccccc4)c4ccccc4)c2Cl)cccc13. The molecule has 0 saturated carbocycles. The molecule has 4 heteroatoms. The number of anilines is 6. The van der Waals surface area contributed by atoms with Crippen molar-refractivity contribution in [1.29, 1.82) is 0 Å². The summed E-state index contributed by atoms with van der Waals surface area (Å²) in [5.74, 6) is 0. The van der Waals surface area contributed by atoms with E-state index in [2.05, 4.69) is 169 Å². The number of halogens is 1. The Labute approximate surface area is 291 Å². The van der Waals surface area contributed by atoms with E-state index in [-0.39, 0.29) is 5.41 Å². The van der Waals surface area contributed by atoms with Crippen LogP contribution in [0.4, 0.5) is 34.1 Å². The van der Waals surface area contributed by atoms with Gasteiger partial charge in [0.1, 0.15) is 5.58 Å². The van der Waals surface area contributed by atoms with E-state index in [1.54, 1.807) is 0 Å². The molecule has 49 heavy (non-hydrogen) atoms. The lowest BCUT2D eigenvalue weighted by Gasteiger charge is -2.30. The van der Waals surface area contributed by atoms with Gasteiger partial charge in [-0.25, -0.2) is 0 Å². The van der Waals surface area contributed by atoms with Crippen LogP contribution in [0.1, 0.15) is 25.0 Å². The molecule has 8 aromatic rings. The fraction of sp³-hybridized carbons (Fsp3) is 0.0667. The van der Waals surface area contributed by atoms with E-state index in [0.29, 0.717) is 5.02 Å². The van der Waals surface area contributed by atoms with Crippen LogP contribution in [0.3, 0.4) is 0 Å². The molecule has 1 heterocycles. The Morgan fingerprint density at radius 2 is 1.00 bits per heavy atom. The quantitative estimate of drug-likeness (QED) is 0.178. The van der Waals surface area contributed by atoms with Gasteiger partial charge in [-0.15, -0.1) is 0 Å². The number of para-hydroxylation sites is 4. The first-order valence-corrected chi connectivity index (χ1v) is 17.0. The molecule has 9 rings (SSSR count). The normalized spacial score (nSPS) is 13.0. The highest BCUT2D eigenvalue weighted by Crippen LogP contribution is 2.52. The molecule has 0 radical (unpaired) electrons. The van der Waals surface area contributed by atoms with Gasteiger partial charge in [-0.3, -0.25) is 0 Å². The van der Waals surface area contributed by atoms with Crippen LogP contribution in [0.15, 0.2) is 168 Å². The van der Waals surface area contributed by atoms with E-state index in [0.717, 1.165) is 56.1 Å². The minimum absolute atomic E-state index is 0.116. The zero-order valence-corrected chi connectivity index (χ0v) is 28.0. The predicted octanol–water partition coefficient (Wildman–Crippen LogP) is 13.5. The molecule has 1 aromatic heterocycles. The summed E-state index contributed by atoms with van der Waals surface area (Å²) in [6, 6.07) is 57.1. The monoisotopic (exact) mass is 652 g/mol. The summed E-state index contributed by atoms with van der Waals surface area (Å²) >= 11 is 7.56. The van der Waals surface area contributed by atoms with Gasteiger partial charge >= 0.3 is 0 Å². The fourth-order valence-electron chi connectivity index (χ4n) is 7.57. The van der Waals surface area contributed by atoms with Crippen molar-refractivity contribution in [3.8, 4) is 11.1 Å². The molecule has 3 nitrogen and oxygen atoms in total. The van der Waals surface area contributed by atoms with Crippen molar-refractivity contribution in [3.05, 3.63) is 180 Å². The van der Waals surface area contributed by atoms with Gasteiger partial charge < -0.3 is 14.2 Å². The number of benzene rings is 7. The van der Waals surface area contributed by atoms with Crippen LogP contribution in [-0.2, 0) is 5.41 Å². The average Bonchev–Trinajstić information content (AvgIpc) is 3.62. The van der Waals surface area contributed by atoms with Crippen molar-refractivity contribution < 1.29 is 4.42 Å². The number of hydrogen-bond acceptors (Lipinski definition) is 3. The Kier molecular flexibility index (Phi) is 6.86. The van der Waals surface area contributed by atoms with Gasteiger partial charge in [-0.05, 0) is 89.0 Å². The minimum atomic E-state index is -0.116. The van der Waals surface area contributed by atoms with E-state index >= 15 is 0 Å². The predicted molar refractivity (Wildman–Crippen MR) is 206 cm³/mol. The molecule has 1 aliphatic rings. The van der Waals surface area contributed by atoms with Gasteiger partial charge in [0.15, 0.2) is 5.58 Å². The molecule has 1 aliphatic carbocycles. The fourth-order valence-corrected chi connectivity index (χ4v) is 7.87. The third-order valence-electron chi connectivity index (χ3n) is 9.90. The zero-order chi connectivity index (χ0) is 33.1. The topological polar surface area (TPSA) is 19.6 Å². The van der Waals surface area contributed by atoms with E-state index < -0.39 is 0 Å². The molecular weight excluding hydrogens is 620 g/mol. The number of hydrogen-bond donors (Lipinski definition) is 0. The molecular formula is C45H33ClN2O. The van der Waals surface area contributed by atoms with Crippen molar-refractivity contribution in [2.45, 2.75) is 19.3 Å².